The summed E-state index contributed by atoms with van der Waals surface area (Å²) >= 11 is 6.14. The first-order chi connectivity index (χ1) is 8.39. The van der Waals surface area contributed by atoms with E-state index in [4.69, 9.17) is 17.3 Å². The molecule has 1 aromatic heterocycles. The van der Waals surface area contributed by atoms with E-state index in [0.717, 1.165) is 5.82 Å². The van der Waals surface area contributed by atoms with Gasteiger partial charge in [0, 0.05) is 13.1 Å². The van der Waals surface area contributed by atoms with Crippen molar-refractivity contribution in [2.24, 2.45) is 5.41 Å². The summed E-state index contributed by atoms with van der Waals surface area (Å²) < 4.78 is 0. The molecule has 0 bridgehead atoms. The van der Waals surface area contributed by atoms with Crippen molar-refractivity contribution in [3.63, 3.8) is 0 Å². The Hall–Kier alpha value is -1.03. The van der Waals surface area contributed by atoms with Crippen molar-refractivity contribution < 1.29 is 0 Å². The Balaban J connectivity index is 2.12. The number of anilines is 2. The van der Waals surface area contributed by atoms with Crippen LogP contribution >= 0.6 is 11.6 Å². The Morgan fingerprint density at radius 3 is 2.61 bits per heavy atom. The first-order valence-electron chi connectivity index (χ1n) is 6.40. The molecule has 1 heterocycles. The molecule has 0 atom stereocenters. The van der Waals surface area contributed by atoms with E-state index in [9.17, 15) is 0 Å². The smallest absolute Gasteiger partial charge is 0.222 e. The highest BCUT2D eigenvalue weighted by molar-refractivity contribution is 6.32. The number of rotatable bonds is 2. The molecule has 0 unspecified atom stereocenters. The van der Waals surface area contributed by atoms with Gasteiger partial charge in [0.25, 0.3) is 0 Å². The molecule has 1 saturated carbocycles. The van der Waals surface area contributed by atoms with Crippen LogP contribution in [0.15, 0.2) is 6.20 Å². The van der Waals surface area contributed by atoms with Gasteiger partial charge in [0.2, 0.25) is 5.95 Å². The summed E-state index contributed by atoms with van der Waals surface area (Å²) in [4.78, 5) is 10.3. The van der Waals surface area contributed by atoms with Gasteiger partial charge < -0.3 is 10.6 Å². The van der Waals surface area contributed by atoms with Crippen LogP contribution < -0.4 is 10.6 Å². The van der Waals surface area contributed by atoms with Gasteiger partial charge in [0.1, 0.15) is 5.02 Å². The molecule has 2 N–H and O–H groups in total. The lowest BCUT2D eigenvalue weighted by molar-refractivity contribution is 0.222. The zero-order valence-electron chi connectivity index (χ0n) is 11.3. The molecule has 1 aliphatic carbocycles. The van der Waals surface area contributed by atoms with Crippen molar-refractivity contribution in [1.29, 1.82) is 0 Å². The van der Waals surface area contributed by atoms with Crippen LogP contribution in [0.3, 0.4) is 0 Å². The van der Waals surface area contributed by atoms with E-state index in [0.29, 0.717) is 16.5 Å². The predicted molar refractivity (Wildman–Crippen MR) is 75.9 cm³/mol. The maximum Gasteiger partial charge on any atom is 0.222 e. The quantitative estimate of drug-likeness (QED) is 0.895. The fourth-order valence-corrected chi connectivity index (χ4v) is 2.79. The number of hydrogen-bond acceptors (Lipinski definition) is 4. The second-order valence-corrected chi connectivity index (χ2v) is 6.31. The van der Waals surface area contributed by atoms with E-state index in [1.807, 2.05) is 7.05 Å². The Labute approximate surface area is 114 Å². The van der Waals surface area contributed by atoms with Gasteiger partial charge in [0.05, 0.1) is 6.20 Å². The number of nitrogen functional groups attached to an aromatic ring is 1. The summed E-state index contributed by atoms with van der Waals surface area (Å²) in [7, 11) is 2.04. The van der Waals surface area contributed by atoms with Gasteiger partial charge in [-0.3, -0.25) is 0 Å². The minimum atomic E-state index is 0.275. The molecule has 5 heteroatoms. The van der Waals surface area contributed by atoms with Gasteiger partial charge in [-0.15, -0.1) is 0 Å². The first kappa shape index (κ1) is 13.4. The molecule has 1 fully saturated rings. The number of hydrogen-bond donors (Lipinski definition) is 1. The molecule has 100 valence electrons. The van der Waals surface area contributed by atoms with Crippen LogP contribution in [0.25, 0.3) is 0 Å². The summed E-state index contributed by atoms with van der Waals surface area (Å²) in [5.41, 5.74) is 6.09. The second-order valence-electron chi connectivity index (χ2n) is 5.91. The maximum atomic E-state index is 6.14. The van der Waals surface area contributed by atoms with E-state index in [2.05, 4.69) is 28.7 Å². The number of nitrogens with two attached hydrogens (primary N) is 1. The van der Waals surface area contributed by atoms with Crippen LogP contribution in [-0.4, -0.2) is 23.1 Å². The lowest BCUT2D eigenvalue weighted by Gasteiger charge is -2.39. The van der Waals surface area contributed by atoms with Gasteiger partial charge in [-0.25, -0.2) is 4.98 Å². The van der Waals surface area contributed by atoms with Crippen LogP contribution in [0.5, 0.6) is 0 Å². The number of halogens is 1. The summed E-state index contributed by atoms with van der Waals surface area (Å²) in [5, 5.41) is 0.566. The SMILES string of the molecule is CN(c1nc(N)ncc1Cl)C1CCC(C)(C)CC1. The minimum Gasteiger partial charge on any atom is -0.368 e. The molecule has 1 aromatic rings. The fourth-order valence-electron chi connectivity index (χ4n) is 2.56. The van der Waals surface area contributed by atoms with Gasteiger partial charge in [-0.2, -0.15) is 4.98 Å². The average Bonchev–Trinajstić information content (AvgIpc) is 2.31. The molecule has 0 aliphatic heterocycles. The highest BCUT2D eigenvalue weighted by Gasteiger charge is 2.29. The molecular formula is C13H21ClN4. The Morgan fingerprint density at radius 1 is 1.39 bits per heavy atom. The summed E-state index contributed by atoms with van der Waals surface area (Å²) in [6, 6.07) is 0.491. The van der Waals surface area contributed by atoms with Crippen molar-refractivity contribution in [3.8, 4) is 0 Å². The Bertz CT molecular complexity index is 423. The minimum absolute atomic E-state index is 0.275. The third kappa shape index (κ3) is 2.86. The largest absolute Gasteiger partial charge is 0.368 e. The Kier molecular flexibility index (Phi) is 3.66. The van der Waals surface area contributed by atoms with Crippen molar-refractivity contribution in [3.05, 3.63) is 11.2 Å². The lowest BCUT2D eigenvalue weighted by atomic mass is 9.75. The van der Waals surface area contributed by atoms with Crippen LogP contribution in [0, 0.1) is 5.41 Å². The van der Waals surface area contributed by atoms with Gasteiger partial charge in [-0.1, -0.05) is 25.4 Å². The van der Waals surface area contributed by atoms with E-state index < -0.39 is 0 Å². The molecule has 0 aromatic carbocycles. The lowest BCUT2D eigenvalue weighted by Crippen LogP contribution is -2.37. The van der Waals surface area contributed by atoms with Gasteiger partial charge >= 0.3 is 0 Å². The van der Waals surface area contributed by atoms with Crippen LogP contribution in [-0.2, 0) is 0 Å². The molecule has 0 saturated heterocycles. The van der Waals surface area contributed by atoms with Crippen LogP contribution in [0.2, 0.25) is 5.02 Å². The molecule has 0 amide bonds. The maximum absolute atomic E-state index is 6.14. The van der Waals surface area contributed by atoms with Gasteiger partial charge in [0.15, 0.2) is 5.82 Å². The molecule has 2 rings (SSSR count). The monoisotopic (exact) mass is 268 g/mol. The van der Waals surface area contributed by atoms with E-state index in [1.54, 1.807) is 6.20 Å². The van der Waals surface area contributed by atoms with Crippen molar-refractivity contribution in [2.75, 3.05) is 17.7 Å². The van der Waals surface area contributed by atoms with Crippen molar-refractivity contribution in [1.82, 2.24) is 9.97 Å². The molecule has 4 nitrogen and oxygen atoms in total. The summed E-state index contributed by atoms with van der Waals surface area (Å²) in [5.74, 6) is 1.02. The Morgan fingerprint density at radius 2 is 2.00 bits per heavy atom. The topological polar surface area (TPSA) is 55.0 Å². The van der Waals surface area contributed by atoms with Crippen LogP contribution in [0.1, 0.15) is 39.5 Å². The van der Waals surface area contributed by atoms with Crippen LogP contribution in [0.4, 0.5) is 11.8 Å². The third-order valence-corrected chi connectivity index (χ3v) is 4.20. The first-order valence-corrected chi connectivity index (χ1v) is 6.78. The third-order valence-electron chi connectivity index (χ3n) is 3.93. The van der Waals surface area contributed by atoms with E-state index in [1.165, 1.54) is 25.7 Å². The van der Waals surface area contributed by atoms with Crippen molar-refractivity contribution >= 4 is 23.4 Å². The highest BCUT2D eigenvalue weighted by atomic mass is 35.5. The zero-order valence-corrected chi connectivity index (χ0v) is 12.0. The standard InChI is InChI=1S/C13H21ClN4/c1-13(2)6-4-9(5-7-13)18(3)11-10(14)8-16-12(15)17-11/h8-9H,4-7H2,1-3H3,(H2,15,16,17). The molecule has 0 radical (unpaired) electrons. The fraction of sp³-hybridized carbons (Fsp3) is 0.692. The predicted octanol–water partition coefficient (Wildman–Crippen LogP) is 3.12. The normalized spacial score (nSPS) is 19.8. The number of aromatic nitrogens is 2. The number of nitrogens with zero attached hydrogens (tertiary/aromatic N) is 3. The van der Waals surface area contributed by atoms with E-state index in [-0.39, 0.29) is 5.95 Å². The summed E-state index contributed by atoms with van der Waals surface area (Å²) in [6.07, 6.45) is 6.39. The molecule has 0 spiro atoms. The van der Waals surface area contributed by atoms with Gasteiger partial charge in [-0.05, 0) is 31.1 Å². The zero-order chi connectivity index (χ0) is 13.3. The summed E-state index contributed by atoms with van der Waals surface area (Å²) in [6.45, 7) is 4.66. The second kappa shape index (κ2) is 4.92. The molecule has 18 heavy (non-hydrogen) atoms. The molecular weight excluding hydrogens is 248 g/mol. The van der Waals surface area contributed by atoms with E-state index >= 15 is 0 Å². The average molecular weight is 269 g/mol. The van der Waals surface area contributed by atoms with Crippen molar-refractivity contribution in [2.45, 2.75) is 45.6 Å². The highest BCUT2D eigenvalue weighted by Crippen LogP contribution is 2.38. The molecule has 1 aliphatic rings.